The Hall–Kier alpha value is -0.670. The average Bonchev–Trinajstić information content (AvgIpc) is 2.15. The van der Waals surface area contributed by atoms with Crippen molar-refractivity contribution in [2.75, 3.05) is 32.8 Å². The van der Waals surface area contributed by atoms with E-state index in [0.29, 0.717) is 6.42 Å². The fraction of sp³-hybridized carbons (Fsp3) is 0.727. The van der Waals surface area contributed by atoms with Crippen LogP contribution in [0.3, 0.4) is 0 Å². The molecule has 1 aliphatic heterocycles. The lowest BCUT2D eigenvalue weighted by Crippen LogP contribution is -2.37. The van der Waals surface area contributed by atoms with Gasteiger partial charge in [-0.05, 0) is 19.9 Å². The summed E-state index contributed by atoms with van der Waals surface area (Å²) >= 11 is 0. The molecule has 0 aromatic carbocycles. The van der Waals surface area contributed by atoms with Gasteiger partial charge in [-0.25, -0.2) is 0 Å². The van der Waals surface area contributed by atoms with Crippen LogP contribution in [0.4, 0.5) is 0 Å². The molecule has 0 spiro atoms. The van der Waals surface area contributed by atoms with E-state index in [2.05, 4.69) is 4.90 Å². The molecule has 0 saturated carbocycles. The molecule has 0 radical (unpaired) electrons. The largest absolute Gasteiger partial charge is 0.379 e. The monoisotopic (exact) mass is 197 g/mol. The van der Waals surface area contributed by atoms with Crippen LogP contribution in [-0.2, 0) is 9.53 Å². The van der Waals surface area contributed by atoms with Gasteiger partial charge in [-0.1, -0.05) is 5.57 Å². The van der Waals surface area contributed by atoms with Crippen molar-refractivity contribution in [3.8, 4) is 0 Å². The first-order valence-electron chi connectivity index (χ1n) is 5.16. The van der Waals surface area contributed by atoms with Crippen LogP contribution < -0.4 is 0 Å². The fourth-order valence-corrected chi connectivity index (χ4v) is 1.49. The number of morpholine rings is 1. The molecule has 0 aliphatic carbocycles. The zero-order valence-corrected chi connectivity index (χ0v) is 9.08. The van der Waals surface area contributed by atoms with Gasteiger partial charge in [0.15, 0.2) is 5.78 Å². The Kier molecular flexibility index (Phi) is 4.84. The maximum absolute atomic E-state index is 11.4. The van der Waals surface area contributed by atoms with Crippen LogP contribution in [-0.4, -0.2) is 43.5 Å². The molecule has 1 rings (SSSR count). The maximum atomic E-state index is 11.4. The van der Waals surface area contributed by atoms with Crippen molar-refractivity contribution >= 4 is 5.78 Å². The minimum absolute atomic E-state index is 0.233. The number of ether oxygens (including phenoxy) is 1. The molecule has 0 aromatic rings. The highest BCUT2D eigenvalue weighted by molar-refractivity contribution is 5.90. The number of hydrogen-bond donors (Lipinski definition) is 0. The molecule has 1 fully saturated rings. The third-order valence-corrected chi connectivity index (χ3v) is 2.23. The van der Waals surface area contributed by atoms with Crippen LogP contribution in [0.5, 0.6) is 0 Å². The molecule has 0 unspecified atom stereocenters. The summed E-state index contributed by atoms with van der Waals surface area (Å²) in [7, 11) is 0. The van der Waals surface area contributed by atoms with Gasteiger partial charge in [-0.2, -0.15) is 0 Å². The molecule has 1 aliphatic rings. The Labute approximate surface area is 85.7 Å². The molecule has 1 heterocycles. The Morgan fingerprint density at radius 3 is 2.57 bits per heavy atom. The Morgan fingerprint density at radius 1 is 1.36 bits per heavy atom. The summed E-state index contributed by atoms with van der Waals surface area (Å²) in [5, 5.41) is 0. The lowest BCUT2D eigenvalue weighted by atomic mass is 10.2. The van der Waals surface area contributed by atoms with Crippen LogP contribution in [0.1, 0.15) is 20.3 Å². The Bertz CT molecular complexity index is 213. The standard InChI is InChI=1S/C11H19NO2/c1-10(2)9-11(13)3-4-12-5-7-14-8-6-12/h9H,3-8H2,1-2H3. The van der Waals surface area contributed by atoms with Crippen LogP contribution in [0, 0.1) is 0 Å². The molecule has 0 atom stereocenters. The number of carbonyl (C=O) groups is 1. The summed E-state index contributed by atoms with van der Waals surface area (Å²) in [6.07, 6.45) is 2.35. The highest BCUT2D eigenvalue weighted by Gasteiger charge is 2.10. The second-order valence-electron chi connectivity index (χ2n) is 3.89. The lowest BCUT2D eigenvalue weighted by molar-refractivity contribution is -0.115. The summed E-state index contributed by atoms with van der Waals surface area (Å²) < 4.78 is 5.23. The zero-order chi connectivity index (χ0) is 10.4. The quantitative estimate of drug-likeness (QED) is 0.635. The second kappa shape index (κ2) is 5.94. The van der Waals surface area contributed by atoms with Gasteiger partial charge in [-0.15, -0.1) is 0 Å². The van der Waals surface area contributed by atoms with Gasteiger partial charge in [0.2, 0.25) is 0 Å². The summed E-state index contributed by atoms with van der Waals surface area (Å²) in [5.74, 6) is 0.233. The molecule has 14 heavy (non-hydrogen) atoms. The van der Waals surface area contributed by atoms with Gasteiger partial charge in [0, 0.05) is 26.1 Å². The normalized spacial score (nSPS) is 17.9. The molecule has 1 saturated heterocycles. The van der Waals surface area contributed by atoms with E-state index in [1.54, 1.807) is 6.08 Å². The third kappa shape index (κ3) is 4.53. The molecule has 0 amide bonds. The van der Waals surface area contributed by atoms with Crippen molar-refractivity contribution in [3.63, 3.8) is 0 Å². The molecule has 3 heteroatoms. The van der Waals surface area contributed by atoms with Crippen molar-refractivity contribution in [2.24, 2.45) is 0 Å². The number of allylic oxidation sites excluding steroid dienone is 2. The van der Waals surface area contributed by atoms with Gasteiger partial charge in [-0.3, -0.25) is 9.69 Å². The van der Waals surface area contributed by atoms with Crippen molar-refractivity contribution in [1.29, 1.82) is 0 Å². The van der Waals surface area contributed by atoms with Crippen molar-refractivity contribution in [3.05, 3.63) is 11.6 Å². The molecule has 3 nitrogen and oxygen atoms in total. The molecule has 0 N–H and O–H groups in total. The van der Waals surface area contributed by atoms with Crippen molar-refractivity contribution in [2.45, 2.75) is 20.3 Å². The van der Waals surface area contributed by atoms with Crippen LogP contribution in [0.15, 0.2) is 11.6 Å². The predicted molar refractivity (Wildman–Crippen MR) is 56.3 cm³/mol. The van der Waals surface area contributed by atoms with Gasteiger partial charge >= 0.3 is 0 Å². The van der Waals surface area contributed by atoms with E-state index >= 15 is 0 Å². The van der Waals surface area contributed by atoms with Gasteiger partial charge in [0.25, 0.3) is 0 Å². The third-order valence-electron chi connectivity index (χ3n) is 2.23. The molecular formula is C11H19NO2. The maximum Gasteiger partial charge on any atom is 0.156 e. The number of hydrogen-bond acceptors (Lipinski definition) is 3. The van der Waals surface area contributed by atoms with Crippen LogP contribution in [0.2, 0.25) is 0 Å². The lowest BCUT2D eigenvalue weighted by Gasteiger charge is -2.25. The van der Waals surface area contributed by atoms with Gasteiger partial charge in [0.1, 0.15) is 0 Å². The zero-order valence-electron chi connectivity index (χ0n) is 9.08. The van der Waals surface area contributed by atoms with Gasteiger partial charge < -0.3 is 4.74 Å². The highest BCUT2D eigenvalue weighted by atomic mass is 16.5. The number of nitrogens with zero attached hydrogens (tertiary/aromatic N) is 1. The topological polar surface area (TPSA) is 29.5 Å². The Morgan fingerprint density at radius 2 is 2.00 bits per heavy atom. The van der Waals surface area contributed by atoms with E-state index in [0.717, 1.165) is 38.4 Å². The Balaban J connectivity index is 2.19. The first kappa shape index (κ1) is 11.4. The fourth-order valence-electron chi connectivity index (χ4n) is 1.49. The van der Waals surface area contributed by atoms with Crippen LogP contribution in [0.25, 0.3) is 0 Å². The van der Waals surface area contributed by atoms with Crippen molar-refractivity contribution < 1.29 is 9.53 Å². The minimum Gasteiger partial charge on any atom is -0.379 e. The van der Waals surface area contributed by atoms with Crippen LogP contribution >= 0.6 is 0 Å². The SMILES string of the molecule is CC(C)=CC(=O)CCN1CCOCC1. The molecule has 80 valence electrons. The summed E-state index contributed by atoms with van der Waals surface area (Å²) in [5.41, 5.74) is 1.08. The summed E-state index contributed by atoms with van der Waals surface area (Å²) in [6, 6.07) is 0. The predicted octanol–water partition coefficient (Wildman–Crippen LogP) is 1.24. The molecular weight excluding hydrogens is 178 g/mol. The van der Waals surface area contributed by atoms with E-state index in [-0.39, 0.29) is 5.78 Å². The summed E-state index contributed by atoms with van der Waals surface area (Å²) in [4.78, 5) is 13.6. The minimum atomic E-state index is 0.233. The smallest absolute Gasteiger partial charge is 0.156 e. The number of carbonyl (C=O) groups excluding carboxylic acids is 1. The highest BCUT2D eigenvalue weighted by Crippen LogP contribution is 2.00. The molecule has 0 bridgehead atoms. The number of rotatable bonds is 4. The number of ketones is 1. The summed E-state index contributed by atoms with van der Waals surface area (Å²) in [6.45, 7) is 8.29. The average molecular weight is 197 g/mol. The van der Waals surface area contributed by atoms with Gasteiger partial charge in [0.05, 0.1) is 13.2 Å². The van der Waals surface area contributed by atoms with E-state index in [4.69, 9.17) is 4.74 Å². The van der Waals surface area contributed by atoms with E-state index in [1.165, 1.54) is 0 Å². The molecule has 0 aromatic heterocycles. The first-order chi connectivity index (χ1) is 6.68. The first-order valence-corrected chi connectivity index (χ1v) is 5.16. The second-order valence-corrected chi connectivity index (χ2v) is 3.89. The van der Waals surface area contributed by atoms with Crippen molar-refractivity contribution in [1.82, 2.24) is 4.90 Å². The van der Waals surface area contributed by atoms with E-state index < -0.39 is 0 Å². The van der Waals surface area contributed by atoms with E-state index in [1.807, 2.05) is 13.8 Å². The van der Waals surface area contributed by atoms with E-state index in [9.17, 15) is 4.79 Å².